The van der Waals surface area contributed by atoms with Crippen LogP contribution < -0.4 is 5.73 Å². The average Bonchev–Trinajstić information content (AvgIpc) is 2.99. The molecule has 2 N–H and O–H groups in total. The quantitative estimate of drug-likeness (QED) is 0.468. The third kappa shape index (κ3) is 3.59. The van der Waals surface area contributed by atoms with Crippen molar-refractivity contribution in [3.05, 3.63) is 20.8 Å². The van der Waals surface area contributed by atoms with E-state index >= 15 is 0 Å². The Kier molecular flexibility index (Phi) is 5.52. The van der Waals surface area contributed by atoms with E-state index in [4.69, 9.17) is 5.73 Å². The molecule has 0 atom stereocenters. The second-order valence-electron chi connectivity index (χ2n) is 3.74. The fourth-order valence-electron chi connectivity index (χ4n) is 1.36. The van der Waals surface area contributed by atoms with Gasteiger partial charge in [-0.15, -0.1) is 35.3 Å². The lowest BCUT2D eigenvalue weighted by molar-refractivity contribution is 0.487. The van der Waals surface area contributed by atoms with Gasteiger partial charge in [0.2, 0.25) is 0 Å². The van der Waals surface area contributed by atoms with Crippen molar-refractivity contribution in [2.24, 2.45) is 10.7 Å². The fraction of sp³-hybridized carbons (Fsp3) is 0.500. The molecule has 0 amide bonds. The van der Waals surface area contributed by atoms with Crippen LogP contribution in [0.3, 0.4) is 0 Å². The van der Waals surface area contributed by atoms with Crippen LogP contribution in [0.4, 0.5) is 0 Å². The standard InChI is InChI=1S/C10H14BrN3S.HI/c1-14(8-2-3-8)10(12)13-6-7-4-5-15-9(7)11;/h4-5,8H,2-3,6H2,1H3,(H2,12,13);1H. The van der Waals surface area contributed by atoms with Gasteiger partial charge in [0.1, 0.15) is 0 Å². The molecule has 6 heteroatoms. The number of hydrogen-bond donors (Lipinski definition) is 1. The molecule has 3 nitrogen and oxygen atoms in total. The highest BCUT2D eigenvalue weighted by molar-refractivity contribution is 14.0. The summed E-state index contributed by atoms with van der Waals surface area (Å²) in [5, 5.41) is 2.05. The van der Waals surface area contributed by atoms with Crippen LogP contribution in [-0.4, -0.2) is 23.9 Å². The lowest BCUT2D eigenvalue weighted by atomic mass is 10.3. The van der Waals surface area contributed by atoms with Gasteiger partial charge in [0, 0.05) is 13.1 Å². The molecule has 0 spiro atoms. The second kappa shape index (κ2) is 6.20. The Balaban J connectivity index is 0.00000128. The summed E-state index contributed by atoms with van der Waals surface area (Å²) >= 11 is 5.17. The maximum atomic E-state index is 5.89. The molecule has 0 aromatic carbocycles. The monoisotopic (exact) mass is 415 g/mol. The summed E-state index contributed by atoms with van der Waals surface area (Å²) in [7, 11) is 2.01. The van der Waals surface area contributed by atoms with E-state index in [2.05, 4.69) is 37.3 Å². The van der Waals surface area contributed by atoms with Crippen LogP contribution in [0.25, 0.3) is 0 Å². The summed E-state index contributed by atoms with van der Waals surface area (Å²) < 4.78 is 1.15. The van der Waals surface area contributed by atoms with Crippen molar-refractivity contribution in [1.82, 2.24) is 4.90 Å². The Labute approximate surface area is 125 Å². The summed E-state index contributed by atoms with van der Waals surface area (Å²) in [5.74, 6) is 0.649. The molecule has 90 valence electrons. The molecule has 1 aliphatic carbocycles. The molecule has 0 saturated heterocycles. The number of aliphatic imine (C=N–C) groups is 1. The first-order valence-electron chi connectivity index (χ1n) is 4.93. The van der Waals surface area contributed by atoms with Gasteiger partial charge in [0.05, 0.1) is 10.3 Å². The third-order valence-corrected chi connectivity index (χ3v) is 4.37. The van der Waals surface area contributed by atoms with Crippen molar-refractivity contribution in [3.8, 4) is 0 Å². The number of hydrogen-bond acceptors (Lipinski definition) is 2. The second-order valence-corrected chi connectivity index (χ2v) is 5.97. The molecule has 0 bridgehead atoms. The van der Waals surface area contributed by atoms with Gasteiger partial charge in [-0.3, -0.25) is 0 Å². The van der Waals surface area contributed by atoms with E-state index in [1.165, 1.54) is 18.4 Å². The molecule has 0 radical (unpaired) electrons. The Hall–Kier alpha value is 0.180. The largest absolute Gasteiger partial charge is 0.370 e. The molecule has 1 aliphatic rings. The first-order chi connectivity index (χ1) is 7.18. The summed E-state index contributed by atoms with van der Waals surface area (Å²) in [4.78, 5) is 6.46. The minimum atomic E-state index is 0. The van der Waals surface area contributed by atoms with Crippen LogP contribution in [-0.2, 0) is 6.54 Å². The maximum absolute atomic E-state index is 5.89. The Morgan fingerprint density at radius 3 is 2.88 bits per heavy atom. The van der Waals surface area contributed by atoms with E-state index in [9.17, 15) is 0 Å². The van der Waals surface area contributed by atoms with Gasteiger partial charge in [-0.25, -0.2) is 4.99 Å². The van der Waals surface area contributed by atoms with E-state index < -0.39 is 0 Å². The molecule has 16 heavy (non-hydrogen) atoms. The Morgan fingerprint density at radius 2 is 2.38 bits per heavy atom. The molecule has 0 aliphatic heterocycles. The highest BCUT2D eigenvalue weighted by Gasteiger charge is 2.27. The number of guanidine groups is 1. The zero-order valence-corrected chi connectivity index (χ0v) is 13.8. The van der Waals surface area contributed by atoms with Crippen molar-refractivity contribution in [1.29, 1.82) is 0 Å². The zero-order chi connectivity index (χ0) is 10.8. The number of nitrogens with zero attached hydrogens (tertiary/aromatic N) is 2. The number of nitrogens with two attached hydrogens (primary N) is 1. The van der Waals surface area contributed by atoms with E-state index in [1.807, 2.05) is 7.05 Å². The molecule has 1 saturated carbocycles. The van der Waals surface area contributed by atoms with Gasteiger partial charge in [-0.05, 0) is 45.8 Å². The Bertz CT molecular complexity index is 376. The van der Waals surface area contributed by atoms with E-state index in [-0.39, 0.29) is 24.0 Å². The fourth-order valence-corrected chi connectivity index (χ4v) is 2.58. The van der Waals surface area contributed by atoms with Crippen LogP contribution in [0.5, 0.6) is 0 Å². The minimum Gasteiger partial charge on any atom is -0.370 e. The van der Waals surface area contributed by atoms with Crippen LogP contribution in [0, 0.1) is 0 Å². The summed E-state index contributed by atoms with van der Waals surface area (Å²) in [6.45, 7) is 0.660. The predicted octanol–water partition coefficient (Wildman–Crippen LogP) is 3.04. The summed E-state index contributed by atoms with van der Waals surface area (Å²) in [6.07, 6.45) is 2.49. The molecule has 1 heterocycles. The minimum absolute atomic E-state index is 0. The Morgan fingerprint density at radius 1 is 1.69 bits per heavy atom. The number of thiophene rings is 1. The highest BCUT2D eigenvalue weighted by Crippen LogP contribution is 2.26. The van der Waals surface area contributed by atoms with Crippen molar-refractivity contribution >= 4 is 57.2 Å². The van der Waals surface area contributed by atoms with Gasteiger partial charge < -0.3 is 10.6 Å². The normalized spacial score (nSPS) is 15.8. The third-order valence-electron chi connectivity index (χ3n) is 2.56. The van der Waals surface area contributed by atoms with Gasteiger partial charge in [-0.2, -0.15) is 0 Å². The highest BCUT2D eigenvalue weighted by atomic mass is 127. The first kappa shape index (κ1) is 14.2. The average molecular weight is 416 g/mol. The van der Waals surface area contributed by atoms with Gasteiger partial charge in [0.15, 0.2) is 5.96 Å². The first-order valence-corrected chi connectivity index (χ1v) is 6.60. The van der Waals surface area contributed by atoms with Gasteiger partial charge in [0.25, 0.3) is 0 Å². The molecular weight excluding hydrogens is 401 g/mol. The number of halogens is 2. The van der Waals surface area contributed by atoms with Crippen LogP contribution >= 0.6 is 51.2 Å². The zero-order valence-electron chi connectivity index (χ0n) is 9.02. The molecule has 1 fully saturated rings. The van der Waals surface area contributed by atoms with E-state index in [0.717, 1.165) is 3.79 Å². The van der Waals surface area contributed by atoms with Crippen molar-refractivity contribution in [2.75, 3.05) is 7.05 Å². The van der Waals surface area contributed by atoms with E-state index in [0.29, 0.717) is 18.5 Å². The van der Waals surface area contributed by atoms with Crippen molar-refractivity contribution in [2.45, 2.75) is 25.4 Å². The van der Waals surface area contributed by atoms with Gasteiger partial charge >= 0.3 is 0 Å². The molecule has 1 aromatic heterocycles. The summed E-state index contributed by atoms with van der Waals surface area (Å²) in [6, 6.07) is 2.70. The van der Waals surface area contributed by atoms with Crippen LogP contribution in [0.15, 0.2) is 20.2 Å². The van der Waals surface area contributed by atoms with Gasteiger partial charge in [-0.1, -0.05) is 0 Å². The lowest BCUT2D eigenvalue weighted by Crippen LogP contribution is -2.35. The van der Waals surface area contributed by atoms with Crippen LogP contribution in [0.1, 0.15) is 18.4 Å². The molecule has 2 rings (SSSR count). The lowest BCUT2D eigenvalue weighted by Gasteiger charge is -2.16. The van der Waals surface area contributed by atoms with E-state index in [1.54, 1.807) is 11.3 Å². The molecular formula is C10H15BrIN3S. The SMILES string of the molecule is CN(C(N)=NCc1ccsc1Br)C1CC1.I. The van der Waals surface area contributed by atoms with Crippen molar-refractivity contribution in [3.63, 3.8) is 0 Å². The molecule has 1 aromatic rings. The van der Waals surface area contributed by atoms with Crippen molar-refractivity contribution < 1.29 is 0 Å². The topological polar surface area (TPSA) is 41.6 Å². The molecule has 0 unspecified atom stereocenters. The smallest absolute Gasteiger partial charge is 0.191 e. The predicted molar refractivity (Wildman–Crippen MR) is 83.5 cm³/mol. The maximum Gasteiger partial charge on any atom is 0.191 e. The number of rotatable bonds is 3. The van der Waals surface area contributed by atoms with Crippen LogP contribution in [0.2, 0.25) is 0 Å². The summed E-state index contributed by atoms with van der Waals surface area (Å²) in [5.41, 5.74) is 7.09.